The van der Waals surface area contributed by atoms with Crippen LogP contribution in [0.1, 0.15) is 37.9 Å². The van der Waals surface area contributed by atoms with Gasteiger partial charge in [0.1, 0.15) is 5.69 Å². The Kier molecular flexibility index (Phi) is 4.10. The molecule has 0 saturated carbocycles. The summed E-state index contributed by atoms with van der Waals surface area (Å²) in [6.07, 6.45) is 3.81. The number of aromatic nitrogens is 2. The van der Waals surface area contributed by atoms with Crippen LogP contribution in [0, 0.1) is 18.8 Å². The molecule has 7 nitrogen and oxygen atoms in total. The van der Waals surface area contributed by atoms with E-state index in [9.17, 15) is 9.59 Å². The van der Waals surface area contributed by atoms with Crippen LogP contribution in [0.5, 0.6) is 0 Å². The molecule has 5 heterocycles. The van der Waals surface area contributed by atoms with Crippen molar-refractivity contribution in [2.75, 3.05) is 19.6 Å². The van der Waals surface area contributed by atoms with Gasteiger partial charge in [0.2, 0.25) is 0 Å². The number of aryl methyl sites for hydroxylation is 2. The van der Waals surface area contributed by atoms with Crippen LogP contribution in [-0.2, 0) is 11.8 Å². The molecule has 0 radical (unpaired) electrons. The van der Waals surface area contributed by atoms with Gasteiger partial charge in [-0.2, -0.15) is 5.10 Å². The van der Waals surface area contributed by atoms with E-state index in [0.29, 0.717) is 25.3 Å². The number of likely N-dealkylation sites (tertiary alicyclic amines) is 1. The zero-order valence-electron chi connectivity index (χ0n) is 16.1. The summed E-state index contributed by atoms with van der Waals surface area (Å²) in [6.45, 7) is 3.96. The van der Waals surface area contributed by atoms with Crippen molar-refractivity contribution >= 4 is 23.2 Å². The highest BCUT2D eigenvalue weighted by Crippen LogP contribution is 2.54. The summed E-state index contributed by atoms with van der Waals surface area (Å²) >= 11 is 1.55. The number of carbonyl (C=O) groups is 2. The van der Waals surface area contributed by atoms with Crippen molar-refractivity contribution in [1.29, 1.82) is 0 Å². The number of hydrogen-bond donors (Lipinski definition) is 1. The minimum Gasteiger partial charge on any atom is -0.369 e. The summed E-state index contributed by atoms with van der Waals surface area (Å²) in [7, 11) is 1.76. The highest BCUT2D eigenvalue weighted by Gasteiger charge is 2.63. The first kappa shape index (κ1) is 17.9. The molecule has 28 heavy (non-hydrogen) atoms. The number of ether oxygens (including phenoxy) is 1. The average Bonchev–Trinajstić information content (AvgIpc) is 3.45. The molecule has 4 atom stereocenters. The van der Waals surface area contributed by atoms with E-state index < -0.39 is 0 Å². The SMILES string of the molecule is Cc1ccc(C(=O)N2C[C@@H]3[C@H](CNC(=O)c4ccnn4C)[C@H]4CC[C@]3(C2)O4)s1. The molecule has 2 amide bonds. The summed E-state index contributed by atoms with van der Waals surface area (Å²) < 4.78 is 7.98. The largest absolute Gasteiger partial charge is 0.369 e. The first-order valence-corrected chi connectivity index (χ1v) is 10.6. The predicted octanol–water partition coefficient (Wildman–Crippen LogP) is 1.84. The van der Waals surface area contributed by atoms with Gasteiger partial charge in [-0.15, -0.1) is 11.3 Å². The number of fused-ring (bicyclic) bond motifs is 1. The van der Waals surface area contributed by atoms with Gasteiger partial charge in [0.05, 0.1) is 23.1 Å². The zero-order chi connectivity index (χ0) is 19.5. The van der Waals surface area contributed by atoms with Gasteiger partial charge in [0, 0.05) is 43.0 Å². The fourth-order valence-corrected chi connectivity index (χ4v) is 6.06. The van der Waals surface area contributed by atoms with Gasteiger partial charge >= 0.3 is 0 Å². The fourth-order valence-electron chi connectivity index (χ4n) is 5.22. The quantitative estimate of drug-likeness (QED) is 0.850. The minimum absolute atomic E-state index is 0.103. The second-order valence-corrected chi connectivity index (χ2v) is 9.46. The molecular weight excluding hydrogens is 376 g/mol. The molecule has 8 heteroatoms. The predicted molar refractivity (Wildman–Crippen MR) is 104 cm³/mol. The summed E-state index contributed by atoms with van der Waals surface area (Å²) in [5.41, 5.74) is 0.323. The first-order chi connectivity index (χ1) is 13.5. The van der Waals surface area contributed by atoms with Gasteiger partial charge in [-0.25, -0.2) is 0 Å². The molecule has 0 unspecified atom stereocenters. The number of nitrogens with one attached hydrogen (secondary N) is 1. The Balaban J connectivity index is 1.29. The maximum atomic E-state index is 12.9. The molecule has 0 aromatic carbocycles. The van der Waals surface area contributed by atoms with Crippen LogP contribution in [-0.4, -0.2) is 57.8 Å². The van der Waals surface area contributed by atoms with Crippen molar-refractivity contribution in [2.24, 2.45) is 18.9 Å². The second-order valence-electron chi connectivity index (χ2n) is 8.18. The molecule has 2 aromatic heterocycles. The van der Waals surface area contributed by atoms with E-state index in [4.69, 9.17) is 4.74 Å². The highest BCUT2D eigenvalue weighted by molar-refractivity contribution is 7.13. The molecule has 3 fully saturated rings. The Hall–Kier alpha value is -2.19. The van der Waals surface area contributed by atoms with Crippen LogP contribution in [0.4, 0.5) is 0 Å². The van der Waals surface area contributed by atoms with E-state index in [1.54, 1.807) is 35.3 Å². The van der Waals surface area contributed by atoms with E-state index in [1.165, 1.54) is 0 Å². The average molecular weight is 401 g/mol. The fraction of sp³-hybridized carbons (Fsp3) is 0.550. The molecule has 3 aliphatic heterocycles. The lowest BCUT2D eigenvalue weighted by Crippen LogP contribution is -2.42. The normalized spacial score (nSPS) is 30.6. The van der Waals surface area contributed by atoms with E-state index in [1.807, 2.05) is 24.0 Å². The standard InChI is InChI=1S/C20H24N4O3S/c1-12-3-4-17(28-12)19(26)24-10-14-13(16-5-7-20(14,11-24)27-16)9-21-18(25)15-6-8-22-23(15)2/h3-4,6,8,13-14,16H,5,7,9-11H2,1-2H3,(H,21,25)/t13-,14+,16+,20+/m0/s1. The number of rotatable bonds is 4. The maximum Gasteiger partial charge on any atom is 0.269 e. The van der Waals surface area contributed by atoms with Gasteiger partial charge in [0.25, 0.3) is 11.8 Å². The number of carbonyl (C=O) groups excluding carboxylic acids is 2. The van der Waals surface area contributed by atoms with E-state index in [2.05, 4.69) is 10.4 Å². The third kappa shape index (κ3) is 2.69. The van der Waals surface area contributed by atoms with E-state index in [0.717, 1.165) is 22.6 Å². The lowest BCUT2D eigenvalue weighted by molar-refractivity contribution is 0.00322. The number of amides is 2. The number of nitrogens with zero attached hydrogens (tertiary/aromatic N) is 3. The number of thiophene rings is 1. The van der Waals surface area contributed by atoms with Gasteiger partial charge in [0.15, 0.2) is 0 Å². The molecule has 148 valence electrons. The van der Waals surface area contributed by atoms with Crippen molar-refractivity contribution in [3.05, 3.63) is 39.8 Å². The first-order valence-electron chi connectivity index (χ1n) is 9.76. The number of hydrogen-bond acceptors (Lipinski definition) is 5. The summed E-state index contributed by atoms with van der Waals surface area (Å²) in [4.78, 5) is 29.3. The Morgan fingerprint density at radius 2 is 2.25 bits per heavy atom. The van der Waals surface area contributed by atoms with Gasteiger partial charge < -0.3 is 15.0 Å². The van der Waals surface area contributed by atoms with Crippen molar-refractivity contribution in [2.45, 2.75) is 31.5 Å². The smallest absolute Gasteiger partial charge is 0.269 e. The molecule has 1 spiro atoms. The maximum absolute atomic E-state index is 12.9. The molecule has 1 N–H and O–H groups in total. The minimum atomic E-state index is -0.228. The van der Waals surface area contributed by atoms with Crippen molar-refractivity contribution in [3.63, 3.8) is 0 Å². The van der Waals surface area contributed by atoms with E-state index in [-0.39, 0.29) is 35.4 Å². The molecule has 2 aromatic rings. The van der Waals surface area contributed by atoms with Gasteiger partial charge in [-0.05, 0) is 38.0 Å². The third-order valence-corrected chi connectivity index (χ3v) is 7.56. The Morgan fingerprint density at radius 1 is 1.39 bits per heavy atom. The van der Waals surface area contributed by atoms with Crippen molar-refractivity contribution in [3.8, 4) is 0 Å². The summed E-state index contributed by atoms with van der Waals surface area (Å²) in [6, 6.07) is 5.62. The lowest BCUT2D eigenvalue weighted by Gasteiger charge is -2.29. The summed E-state index contributed by atoms with van der Waals surface area (Å²) in [5.74, 6) is 0.514. The molecule has 0 aliphatic carbocycles. The highest BCUT2D eigenvalue weighted by atomic mass is 32.1. The zero-order valence-corrected chi connectivity index (χ0v) is 16.9. The molecule has 3 saturated heterocycles. The van der Waals surface area contributed by atoms with Crippen LogP contribution in [0.2, 0.25) is 0 Å². The lowest BCUT2D eigenvalue weighted by atomic mass is 9.73. The van der Waals surface area contributed by atoms with Crippen molar-refractivity contribution < 1.29 is 14.3 Å². The monoisotopic (exact) mass is 400 g/mol. The van der Waals surface area contributed by atoms with Crippen LogP contribution in [0.25, 0.3) is 0 Å². The summed E-state index contributed by atoms with van der Waals surface area (Å²) in [5, 5.41) is 7.12. The van der Waals surface area contributed by atoms with Gasteiger partial charge in [-0.3, -0.25) is 14.3 Å². The Morgan fingerprint density at radius 3 is 2.96 bits per heavy atom. The van der Waals surface area contributed by atoms with Crippen molar-refractivity contribution in [1.82, 2.24) is 20.0 Å². The van der Waals surface area contributed by atoms with Crippen LogP contribution in [0.15, 0.2) is 24.4 Å². The second kappa shape index (κ2) is 6.42. The molecule has 5 rings (SSSR count). The molecular formula is C20H24N4O3S. The van der Waals surface area contributed by atoms with Gasteiger partial charge in [-0.1, -0.05) is 0 Å². The van der Waals surface area contributed by atoms with Crippen LogP contribution >= 0.6 is 11.3 Å². The molecule has 2 bridgehead atoms. The van der Waals surface area contributed by atoms with Crippen LogP contribution < -0.4 is 5.32 Å². The van der Waals surface area contributed by atoms with Crippen LogP contribution in [0.3, 0.4) is 0 Å². The Bertz CT molecular complexity index is 938. The molecule has 3 aliphatic rings. The third-order valence-electron chi connectivity index (χ3n) is 6.57. The van der Waals surface area contributed by atoms with E-state index >= 15 is 0 Å². The topological polar surface area (TPSA) is 76.5 Å². The Labute approximate surface area is 167 Å².